The highest BCUT2D eigenvalue weighted by atomic mass is 32.1. The predicted molar refractivity (Wildman–Crippen MR) is 160 cm³/mol. The summed E-state index contributed by atoms with van der Waals surface area (Å²) in [4.78, 5) is 49.1. The van der Waals surface area contributed by atoms with E-state index in [1.54, 1.807) is 11.3 Å². The van der Waals surface area contributed by atoms with Gasteiger partial charge in [0.15, 0.2) is 0 Å². The van der Waals surface area contributed by atoms with Crippen molar-refractivity contribution in [3.8, 4) is 10.4 Å². The summed E-state index contributed by atoms with van der Waals surface area (Å²) in [5, 5.41) is 19.6. The highest BCUT2D eigenvalue weighted by molar-refractivity contribution is 7.13. The third kappa shape index (κ3) is 8.34. The smallest absolute Gasteiger partial charge is 0.246 e. The molecule has 1 aromatic carbocycles. The molecule has 1 aromatic heterocycles. The van der Waals surface area contributed by atoms with E-state index in [4.69, 9.17) is 0 Å². The Bertz CT molecular complexity index is 1190. The van der Waals surface area contributed by atoms with Gasteiger partial charge in [0.2, 0.25) is 17.7 Å². The van der Waals surface area contributed by atoms with Gasteiger partial charge in [0.05, 0.1) is 22.2 Å². The largest absolute Gasteiger partial charge is 0.391 e. The van der Waals surface area contributed by atoms with Gasteiger partial charge in [-0.2, -0.15) is 0 Å². The maximum Gasteiger partial charge on any atom is 0.246 e. The van der Waals surface area contributed by atoms with E-state index in [-0.39, 0.29) is 30.7 Å². The monoisotopic (exact) mass is 584 g/mol. The molecule has 3 atom stereocenters. The van der Waals surface area contributed by atoms with Gasteiger partial charge in [0, 0.05) is 52.1 Å². The van der Waals surface area contributed by atoms with Crippen LogP contribution in [-0.4, -0.2) is 95.1 Å². The van der Waals surface area contributed by atoms with E-state index in [1.807, 2.05) is 57.5 Å². The molecule has 224 valence electrons. The number of piperazine rings is 1. The van der Waals surface area contributed by atoms with Gasteiger partial charge in [-0.15, -0.1) is 11.3 Å². The Morgan fingerprint density at radius 3 is 2.51 bits per heavy atom. The number of β-amino-alcohol motifs (C(OH)–C–C–N with tert-alkyl or cyclic N) is 1. The second-order valence-corrected chi connectivity index (χ2v) is 13.0. The Labute approximate surface area is 246 Å². The van der Waals surface area contributed by atoms with Gasteiger partial charge >= 0.3 is 0 Å². The van der Waals surface area contributed by atoms with Crippen LogP contribution >= 0.6 is 11.3 Å². The summed E-state index contributed by atoms with van der Waals surface area (Å²) < 4.78 is 0. The van der Waals surface area contributed by atoms with E-state index in [2.05, 4.69) is 25.8 Å². The summed E-state index contributed by atoms with van der Waals surface area (Å²) in [5.41, 5.74) is 4.25. The zero-order chi connectivity index (χ0) is 29.6. The summed E-state index contributed by atoms with van der Waals surface area (Å²) in [7, 11) is 0. The fourth-order valence-electron chi connectivity index (χ4n) is 5.41. The summed E-state index contributed by atoms with van der Waals surface area (Å²) in [6.07, 6.45) is 0.413. The minimum atomic E-state index is -0.808. The van der Waals surface area contributed by atoms with Crippen molar-refractivity contribution in [1.82, 2.24) is 30.7 Å². The van der Waals surface area contributed by atoms with Crippen LogP contribution < -0.4 is 16.0 Å². The number of nitrogens with zero attached hydrogens (tertiary/aromatic N) is 3. The molecule has 3 heterocycles. The van der Waals surface area contributed by atoms with E-state index in [0.29, 0.717) is 13.0 Å². The van der Waals surface area contributed by atoms with Crippen molar-refractivity contribution < 1.29 is 19.5 Å². The van der Waals surface area contributed by atoms with Crippen molar-refractivity contribution in [3.63, 3.8) is 0 Å². The summed E-state index contributed by atoms with van der Waals surface area (Å²) >= 11 is 1.59. The molecule has 0 radical (unpaired) electrons. The first kappa shape index (κ1) is 31.1. The Balaban J connectivity index is 1.34. The summed E-state index contributed by atoms with van der Waals surface area (Å²) in [6.45, 7) is 12.8. The van der Waals surface area contributed by atoms with Crippen molar-refractivity contribution >= 4 is 29.1 Å². The van der Waals surface area contributed by atoms with Crippen LogP contribution in [0.5, 0.6) is 0 Å². The summed E-state index contributed by atoms with van der Waals surface area (Å²) in [5.74, 6) is -0.827. The Morgan fingerprint density at radius 2 is 1.88 bits per heavy atom. The molecular weight excluding hydrogens is 540 g/mol. The third-order valence-electron chi connectivity index (χ3n) is 7.80. The number of benzene rings is 1. The Morgan fingerprint density at radius 1 is 1.17 bits per heavy atom. The number of amides is 3. The number of aliphatic hydroxyl groups excluding tert-OH is 1. The van der Waals surface area contributed by atoms with Gasteiger partial charge in [-0.25, -0.2) is 4.98 Å². The van der Waals surface area contributed by atoms with Gasteiger partial charge in [0.1, 0.15) is 12.1 Å². The van der Waals surface area contributed by atoms with Crippen molar-refractivity contribution in [2.75, 3.05) is 39.3 Å². The molecule has 0 aliphatic carbocycles. The number of aliphatic hydroxyl groups is 1. The molecule has 2 aliphatic rings. The van der Waals surface area contributed by atoms with Crippen molar-refractivity contribution in [1.29, 1.82) is 0 Å². The van der Waals surface area contributed by atoms with E-state index in [9.17, 15) is 19.5 Å². The molecule has 2 aliphatic heterocycles. The number of carbonyl (C=O) groups is 3. The normalized spacial score (nSPS) is 20.6. The molecule has 0 saturated carbocycles. The average Bonchev–Trinajstić information content (AvgIpc) is 3.55. The number of aromatic nitrogens is 1. The molecule has 10 nitrogen and oxygen atoms in total. The van der Waals surface area contributed by atoms with Crippen molar-refractivity contribution in [3.05, 3.63) is 41.0 Å². The van der Waals surface area contributed by atoms with Crippen LogP contribution in [0.4, 0.5) is 0 Å². The number of nitrogens with one attached hydrogen (secondary N) is 3. The van der Waals surface area contributed by atoms with E-state index in [0.717, 1.165) is 60.8 Å². The highest BCUT2D eigenvalue weighted by Gasteiger charge is 2.44. The minimum Gasteiger partial charge on any atom is -0.391 e. The van der Waals surface area contributed by atoms with E-state index < -0.39 is 23.6 Å². The van der Waals surface area contributed by atoms with E-state index in [1.165, 1.54) is 4.90 Å². The van der Waals surface area contributed by atoms with Gasteiger partial charge in [0.25, 0.3) is 0 Å². The number of hydrogen-bond acceptors (Lipinski definition) is 8. The Kier molecular flexibility index (Phi) is 10.5. The average molecular weight is 585 g/mol. The predicted octanol–water partition coefficient (Wildman–Crippen LogP) is 1.91. The van der Waals surface area contributed by atoms with Crippen LogP contribution in [0.2, 0.25) is 0 Å². The molecule has 11 heteroatoms. The molecule has 4 N–H and O–H groups in total. The van der Waals surface area contributed by atoms with Crippen LogP contribution in [0.1, 0.15) is 51.3 Å². The lowest BCUT2D eigenvalue weighted by molar-refractivity contribution is -0.144. The lowest BCUT2D eigenvalue weighted by Crippen LogP contribution is -2.57. The topological polar surface area (TPSA) is 127 Å². The quantitative estimate of drug-likeness (QED) is 0.336. The van der Waals surface area contributed by atoms with Gasteiger partial charge in [-0.1, -0.05) is 45.0 Å². The Hall–Kier alpha value is -2.86. The number of carbonyl (C=O) groups excluding carboxylic acids is 3. The molecule has 3 amide bonds. The van der Waals surface area contributed by atoms with Crippen molar-refractivity contribution in [2.24, 2.45) is 5.41 Å². The maximum atomic E-state index is 13.8. The SMILES string of the molecule is Cc1ncsc1-c1ccc(CNC(=O)[C@@H]2C[C@@H](O)CN2C(=O)[C@@H](NC(=O)CCCN2CCNCC2)C(C)(C)C)cc1. The van der Waals surface area contributed by atoms with Crippen LogP contribution in [0, 0.1) is 12.3 Å². The minimum absolute atomic E-state index is 0.0608. The molecule has 0 spiro atoms. The highest BCUT2D eigenvalue weighted by Crippen LogP contribution is 2.28. The van der Waals surface area contributed by atoms with Gasteiger partial charge in [-0.05, 0) is 36.4 Å². The lowest BCUT2D eigenvalue weighted by Gasteiger charge is -2.35. The third-order valence-corrected chi connectivity index (χ3v) is 8.78. The molecule has 2 aromatic rings. The first-order chi connectivity index (χ1) is 19.5. The lowest BCUT2D eigenvalue weighted by atomic mass is 9.85. The number of thiazole rings is 1. The number of aryl methyl sites for hydroxylation is 1. The fraction of sp³-hybridized carbons (Fsp3) is 0.600. The molecule has 2 fully saturated rings. The molecule has 2 saturated heterocycles. The molecule has 0 bridgehead atoms. The molecular formula is C30H44N6O4S. The van der Waals surface area contributed by atoms with Crippen LogP contribution in [0.15, 0.2) is 29.8 Å². The number of likely N-dealkylation sites (tertiary alicyclic amines) is 1. The first-order valence-corrected chi connectivity index (χ1v) is 15.4. The second kappa shape index (κ2) is 13.9. The first-order valence-electron chi connectivity index (χ1n) is 14.5. The summed E-state index contributed by atoms with van der Waals surface area (Å²) in [6, 6.07) is 6.35. The molecule has 0 unspecified atom stereocenters. The fourth-order valence-corrected chi connectivity index (χ4v) is 6.22. The van der Waals surface area contributed by atoms with Crippen LogP contribution in [0.3, 0.4) is 0 Å². The molecule has 41 heavy (non-hydrogen) atoms. The zero-order valence-corrected chi connectivity index (χ0v) is 25.4. The van der Waals surface area contributed by atoms with Crippen molar-refractivity contribution in [2.45, 2.75) is 71.7 Å². The second-order valence-electron chi connectivity index (χ2n) is 12.1. The van der Waals surface area contributed by atoms with Crippen LogP contribution in [-0.2, 0) is 20.9 Å². The maximum absolute atomic E-state index is 13.8. The zero-order valence-electron chi connectivity index (χ0n) is 24.6. The molecule has 4 rings (SSSR count). The number of rotatable bonds is 10. The van der Waals surface area contributed by atoms with Gasteiger partial charge < -0.3 is 30.9 Å². The standard InChI is InChI=1S/C30H44N6O4S/c1-20-26(41-19-33-20)22-9-7-21(8-10-22)17-32-28(39)24-16-23(37)18-36(24)29(40)27(30(2,3)4)34-25(38)6-5-13-35-14-11-31-12-15-35/h7-10,19,23-24,27,31,37H,5-6,11-18H2,1-4H3,(H,32,39)(H,34,38)/t23-,24+,27-/m1/s1. The van der Waals surface area contributed by atoms with Gasteiger partial charge in [-0.3, -0.25) is 14.4 Å². The number of hydrogen-bond donors (Lipinski definition) is 4. The van der Waals surface area contributed by atoms with E-state index >= 15 is 0 Å². The van der Waals surface area contributed by atoms with Crippen LogP contribution in [0.25, 0.3) is 10.4 Å².